The summed E-state index contributed by atoms with van der Waals surface area (Å²) in [5.41, 5.74) is 0. The van der Waals surface area contributed by atoms with E-state index in [1.54, 1.807) is 18.7 Å². The van der Waals surface area contributed by atoms with E-state index < -0.39 is 10.0 Å². The van der Waals surface area contributed by atoms with Crippen molar-refractivity contribution in [1.82, 2.24) is 14.3 Å². The van der Waals surface area contributed by atoms with Crippen LogP contribution in [0.25, 0.3) is 0 Å². The second-order valence-electron chi connectivity index (χ2n) is 3.06. The van der Waals surface area contributed by atoms with Gasteiger partial charge in [-0.3, -0.25) is 0 Å². The maximum absolute atomic E-state index is 11.3. The first kappa shape index (κ1) is 12.5. The van der Waals surface area contributed by atoms with Crippen LogP contribution in [0, 0.1) is 0 Å². The van der Waals surface area contributed by atoms with E-state index in [1.165, 1.54) is 0 Å². The van der Waals surface area contributed by atoms with Crippen molar-refractivity contribution in [2.75, 3.05) is 18.2 Å². The first-order chi connectivity index (χ1) is 7.14. The molecule has 0 aliphatic heterocycles. The lowest BCUT2D eigenvalue weighted by Gasteiger charge is -2.05. The zero-order chi connectivity index (χ0) is 11.1. The molecule has 0 aliphatic rings. The lowest BCUT2D eigenvalue weighted by molar-refractivity contribution is 0.571. The molecule has 1 rings (SSSR count). The van der Waals surface area contributed by atoms with Crippen molar-refractivity contribution >= 4 is 21.6 Å². The highest BCUT2D eigenvalue weighted by Gasteiger charge is 2.07. The van der Waals surface area contributed by atoms with Crippen molar-refractivity contribution in [2.45, 2.75) is 13.0 Å². The molecule has 1 heterocycles. The molecule has 0 saturated heterocycles. The van der Waals surface area contributed by atoms with Crippen LogP contribution in [-0.2, 0) is 16.6 Å². The summed E-state index contributed by atoms with van der Waals surface area (Å²) in [6.45, 7) is 0.959. The molecule has 86 valence electrons. The lowest BCUT2D eigenvalue weighted by Crippen LogP contribution is -2.29. The topological polar surface area (TPSA) is 64.0 Å². The fourth-order valence-electron chi connectivity index (χ4n) is 1.07. The first-order valence-corrected chi connectivity index (χ1v) is 6.82. The molecule has 0 atom stereocenters. The van der Waals surface area contributed by atoms with Crippen molar-refractivity contribution in [3.8, 4) is 0 Å². The van der Waals surface area contributed by atoms with Crippen molar-refractivity contribution in [1.29, 1.82) is 0 Å². The van der Waals surface area contributed by atoms with E-state index in [2.05, 4.69) is 9.71 Å². The summed E-state index contributed by atoms with van der Waals surface area (Å²) in [6, 6.07) is 0. The molecule has 1 aromatic heterocycles. The number of hydrogen-bond acceptors (Lipinski definition) is 3. The van der Waals surface area contributed by atoms with Gasteiger partial charge in [0.05, 0.1) is 12.1 Å². The van der Waals surface area contributed by atoms with Crippen molar-refractivity contribution in [3.05, 3.63) is 18.7 Å². The maximum atomic E-state index is 11.3. The Morgan fingerprint density at radius 2 is 2.27 bits per heavy atom. The number of halogens is 1. The third kappa shape index (κ3) is 5.15. The standard InChI is InChI=1S/C8H14ClN3O2S/c9-2-1-7-15(13,14)11-4-6-12-5-3-10-8-12/h3,5,8,11H,1-2,4,6-7H2. The van der Waals surface area contributed by atoms with Crippen LogP contribution in [0.3, 0.4) is 0 Å². The molecule has 1 N–H and O–H groups in total. The minimum Gasteiger partial charge on any atom is -0.336 e. The van der Waals surface area contributed by atoms with Crippen LogP contribution in [0.15, 0.2) is 18.7 Å². The van der Waals surface area contributed by atoms with Crippen molar-refractivity contribution in [3.63, 3.8) is 0 Å². The van der Waals surface area contributed by atoms with E-state index >= 15 is 0 Å². The Morgan fingerprint density at radius 3 is 2.87 bits per heavy atom. The average molecular weight is 252 g/mol. The highest BCUT2D eigenvalue weighted by Crippen LogP contribution is 1.92. The minimum atomic E-state index is -3.17. The van der Waals surface area contributed by atoms with Crippen LogP contribution in [0.1, 0.15) is 6.42 Å². The van der Waals surface area contributed by atoms with Gasteiger partial charge >= 0.3 is 0 Å². The molecule has 0 unspecified atom stereocenters. The van der Waals surface area contributed by atoms with Gasteiger partial charge in [-0.25, -0.2) is 18.1 Å². The van der Waals surface area contributed by atoms with Crippen LogP contribution >= 0.6 is 11.6 Å². The summed E-state index contributed by atoms with van der Waals surface area (Å²) >= 11 is 5.42. The summed E-state index contributed by atoms with van der Waals surface area (Å²) in [5.74, 6) is 0.447. The Kier molecular flexibility index (Phi) is 5.07. The van der Waals surface area contributed by atoms with E-state index in [9.17, 15) is 8.42 Å². The molecule has 0 bridgehead atoms. The van der Waals surface area contributed by atoms with Crippen LogP contribution in [0.2, 0.25) is 0 Å². The van der Waals surface area contributed by atoms with Gasteiger partial charge in [0, 0.05) is 31.4 Å². The molecule has 0 fully saturated rings. The number of sulfonamides is 1. The molecule has 7 heteroatoms. The van der Waals surface area contributed by atoms with Gasteiger partial charge in [-0.2, -0.15) is 0 Å². The van der Waals surface area contributed by atoms with E-state index in [-0.39, 0.29) is 5.75 Å². The summed E-state index contributed by atoms with van der Waals surface area (Å²) in [6.07, 6.45) is 5.56. The minimum absolute atomic E-state index is 0.0838. The van der Waals surface area contributed by atoms with Gasteiger partial charge in [0.15, 0.2) is 0 Å². The van der Waals surface area contributed by atoms with Crippen LogP contribution in [0.5, 0.6) is 0 Å². The van der Waals surface area contributed by atoms with Gasteiger partial charge < -0.3 is 4.57 Å². The Labute approximate surface area is 94.5 Å². The molecule has 0 spiro atoms. The summed E-state index contributed by atoms with van der Waals surface area (Å²) in [7, 11) is -3.17. The molecular weight excluding hydrogens is 238 g/mol. The number of alkyl halides is 1. The van der Waals surface area contributed by atoms with Crippen LogP contribution in [0.4, 0.5) is 0 Å². The number of nitrogens with one attached hydrogen (secondary N) is 1. The predicted octanol–water partition coefficient (Wildman–Crippen LogP) is 0.431. The molecule has 1 aromatic rings. The monoisotopic (exact) mass is 251 g/mol. The van der Waals surface area contributed by atoms with Crippen molar-refractivity contribution < 1.29 is 8.42 Å². The predicted molar refractivity (Wildman–Crippen MR) is 59.4 cm³/mol. The molecule has 0 aliphatic carbocycles. The Morgan fingerprint density at radius 1 is 1.47 bits per heavy atom. The summed E-state index contributed by atoms with van der Waals surface area (Å²) < 4.78 is 27.0. The number of imidazole rings is 1. The SMILES string of the molecule is O=S(=O)(CCCCl)NCCn1ccnc1. The van der Waals surface area contributed by atoms with E-state index in [4.69, 9.17) is 11.6 Å². The maximum Gasteiger partial charge on any atom is 0.211 e. The normalized spacial score (nSPS) is 11.8. The number of rotatable bonds is 7. The smallest absolute Gasteiger partial charge is 0.211 e. The van der Waals surface area contributed by atoms with Crippen molar-refractivity contribution in [2.24, 2.45) is 0 Å². The summed E-state index contributed by atoms with van der Waals surface area (Å²) in [4.78, 5) is 3.86. The first-order valence-electron chi connectivity index (χ1n) is 4.63. The zero-order valence-corrected chi connectivity index (χ0v) is 9.84. The zero-order valence-electron chi connectivity index (χ0n) is 8.26. The van der Waals surface area contributed by atoms with Crippen LogP contribution < -0.4 is 4.72 Å². The number of aromatic nitrogens is 2. The van der Waals surface area contributed by atoms with Gasteiger partial charge in [0.25, 0.3) is 0 Å². The molecular formula is C8H14ClN3O2S. The van der Waals surface area contributed by atoms with Gasteiger partial charge in [0.2, 0.25) is 10.0 Å². The van der Waals surface area contributed by atoms with Crippen LogP contribution in [-0.4, -0.2) is 36.1 Å². The second kappa shape index (κ2) is 6.09. The highest BCUT2D eigenvalue weighted by molar-refractivity contribution is 7.89. The molecule has 0 amide bonds. The third-order valence-corrected chi connectivity index (χ3v) is 3.54. The van der Waals surface area contributed by atoms with E-state index in [0.29, 0.717) is 25.4 Å². The molecule has 0 radical (unpaired) electrons. The van der Waals surface area contributed by atoms with Gasteiger partial charge in [-0.1, -0.05) is 0 Å². The number of nitrogens with zero attached hydrogens (tertiary/aromatic N) is 2. The fraction of sp³-hybridized carbons (Fsp3) is 0.625. The molecule has 15 heavy (non-hydrogen) atoms. The molecule has 5 nitrogen and oxygen atoms in total. The fourth-order valence-corrected chi connectivity index (χ4v) is 2.43. The third-order valence-electron chi connectivity index (χ3n) is 1.80. The van der Waals surface area contributed by atoms with Gasteiger partial charge in [-0.15, -0.1) is 11.6 Å². The molecule has 0 aromatic carbocycles. The Bertz CT molecular complexity index is 363. The second-order valence-corrected chi connectivity index (χ2v) is 5.36. The number of hydrogen-bond donors (Lipinski definition) is 1. The van der Waals surface area contributed by atoms with Gasteiger partial charge in [-0.05, 0) is 6.42 Å². The van der Waals surface area contributed by atoms with E-state index in [0.717, 1.165) is 0 Å². The largest absolute Gasteiger partial charge is 0.336 e. The van der Waals surface area contributed by atoms with E-state index in [1.807, 2.05) is 4.57 Å². The highest BCUT2D eigenvalue weighted by atomic mass is 35.5. The molecule has 0 saturated carbocycles. The summed E-state index contributed by atoms with van der Waals surface area (Å²) in [5, 5.41) is 0. The quantitative estimate of drug-likeness (QED) is 0.715. The average Bonchev–Trinajstić information content (AvgIpc) is 2.67. The van der Waals surface area contributed by atoms with Gasteiger partial charge in [0.1, 0.15) is 0 Å². The Hall–Kier alpha value is -0.590. The lowest BCUT2D eigenvalue weighted by atomic mass is 10.6. The Balaban J connectivity index is 2.24.